The van der Waals surface area contributed by atoms with Gasteiger partial charge in [0.2, 0.25) is 0 Å². The second kappa shape index (κ2) is 7.61. The zero-order chi connectivity index (χ0) is 19.6. The molecule has 4 rings (SSSR count). The average molecular weight is 366 g/mol. The van der Waals surface area contributed by atoms with Gasteiger partial charge in [-0.1, -0.05) is 115 Å². The van der Waals surface area contributed by atoms with Crippen molar-refractivity contribution in [3.05, 3.63) is 132 Å². The Morgan fingerprint density at radius 3 is 1.50 bits per heavy atom. The molecule has 1 aliphatic heterocycles. The van der Waals surface area contributed by atoms with Crippen LogP contribution in [0.15, 0.2) is 115 Å². The van der Waals surface area contributed by atoms with Crippen LogP contribution in [0.2, 0.25) is 0 Å². The van der Waals surface area contributed by atoms with E-state index in [1.54, 1.807) is 0 Å². The first kappa shape index (κ1) is 18.5. The van der Waals surface area contributed by atoms with Crippen LogP contribution in [0.1, 0.15) is 23.6 Å². The van der Waals surface area contributed by atoms with Crippen molar-refractivity contribution in [3.63, 3.8) is 0 Å². The summed E-state index contributed by atoms with van der Waals surface area (Å²) in [6, 6.07) is 32.6. The van der Waals surface area contributed by atoms with E-state index in [1.807, 2.05) is 0 Å². The van der Waals surface area contributed by atoms with Crippen LogP contribution in [-0.2, 0) is 5.54 Å². The molecule has 1 heteroatoms. The number of hydrogen-bond donors (Lipinski definition) is 0. The zero-order valence-corrected chi connectivity index (χ0v) is 16.5. The van der Waals surface area contributed by atoms with Crippen molar-refractivity contribution >= 4 is 0 Å². The van der Waals surface area contributed by atoms with E-state index in [1.165, 1.54) is 27.8 Å². The minimum absolute atomic E-state index is 0.329. The van der Waals surface area contributed by atoms with Crippen LogP contribution >= 0.6 is 0 Å². The molecule has 0 spiro atoms. The molecular formula is C27H27N. The summed E-state index contributed by atoms with van der Waals surface area (Å²) in [5.74, 6) is 0.329. The third-order valence-electron chi connectivity index (χ3n) is 5.93. The van der Waals surface area contributed by atoms with Crippen molar-refractivity contribution in [3.8, 4) is 0 Å². The fraction of sp³-hybridized carbons (Fsp3) is 0.185. The molecule has 1 unspecified atom stereocenters. The number of nitrogens with zero attached hydrogens (tertiary/aromatic N) is 1. The summed E-state index contributed by atoms with van der Waals surface area (Å²) in [5.41, 5.74) is 5.92. The van der Waals surface area contributed by atoms with Crippen LogP contribution in [-0.4, -0.2) is 18.0 Å². The van der Waals surface area contributed by atoms with Crippen LogP contribution in [0.25, 0.3) is 0 Å². The highest BCUT2D eigenvalue weighted by Gasteiger charge is 2.45. The van der Waals surface area contributed by atoms with Gasteiger partial charge in [-0.25, -0.2) is 0 Å². The average Bonchev–Trinajstić information content (AvgIpc) is 3.13. The van der Waals surface area contributed by atoms with E-state index in [4.69, 9.17) is 0 Å². The Morgan fingerprint density at radius 1 is 0.786 bits per heavy atom. The molecule has 1 heterocycles. The fourth-order valence-electron chi connectivity index (χ4n) is 4.61. The maximum Gasteiger partial charge on any atom is 0.0976 e. The maximum absolute atomic E-state index is 4.40. The Morgan fingerprint density at radius 2 is 1.18 bits per heavy atom. The van der Waals surface area contributed by atoms with Gasteiger partial charge < -0.3 is 0 Å². The summed E-state index contributed by atoms with van der Waals surface area (Å²) in [7, 11) is 0. The normalized spacial score (nSPS) is 17.6. The predicted molar refractivity (Wildman–Crippen MR) is 118 cm³/mol. The van der Waals surface area contributed by atoms with Crippen LogP contribution < -0.4 is 0 Å². The van der Waals surface area contributed by atoms with Gasteiger partial charge in [-0.3, -0.25) is 4.90 Å². The molecule has 1 saturated heterocycles. The summed E-state index contributed by atoms with van der Waals surface area (Å²) in [6.45, 7) is 12.5. The molecule has 28 heavy (non-hydrogen) atoms. The molecule has 1 nitrogen and oxygen atoms in total. The fourth-order valence-corrected chi connectivity index (χ4v) is 4.61. The van der Waals surface area contributed by atoms with Crippen molar-refractivity contribution in [1.82, 2.24) is 4.90 Å². The van der Waals surface area contributed by atoms with E-state index < -0.39 is 0 Å². The van der Waals surface area contributed by atoms with Crippen LogP contribution in [0.4, 0.5) is 0 Å². The molecule has 0 aromatic heterocycles. The van der Waals surface area contributed by atoms with Gasteiger partial charge >= 0.3 is 0 Å². The number of benzene rings is 3. The number of rotatable bonds is 5. The van der Waals surface area contributed by atoms with E-state index in [0.717, 1.165) is 13.1 Å². The number of hydrogen-bond acceptors (Lipinski definition) is 1. The lowest BCUT2D eigenvalue weighted by Crippen LogP contribution is -2.47. The predicted octanol–water partition coefficient (Wildman–Crippen LogP) is 6.04. The standard InChI is InChI=1S/C27H27N/c1-21(2)26-20-28(19-22(26)3)27(23-13-7-4-8-14-23,24-15-9-5-10-16-24)25-17-11-6-12-18-25/h4-18,26H,1,3,19-20H2,2H3. The molecule has 1 atom stereocenters. The van der Waals surface area contributed by atoms with Crippen LogP contribution in [0, 0.1) is 5.92 Å². The van der Waals surface area contributed by atoms with E-state index in [9.17, 15) is 0 Å². The van der Waals surface area contributed by atoms with Gasteiger partial charge in [0, 0.05) is 19.0 Å². The second-order valence-electron chi connectivity index (χ2n) is 7.75. The van der Waals surface area contributed by atoms with Crippen molar-refractivity contribution < 1.29 is 0 Å². The third kappa shape index (κ3) is 3.02. The van der Waals surface area contributed by atoms with Crippen molar-refractivity contribution in [2.24, 2.45) is 5.92 Å². The molecule has 0 N–H and O–H groups in total. The molecular weight excluding hydrogens is 338 g/mol. The quantitative estimate of drug-likeness (QED) is 0.393. The Hall–Kier alpha value is -2.90. The summed E-state index contributed by atoms with van der Waals surface area (Å²) in [6.07, 6.45) is 0. The lowest BCUT2D eigenvalue weighted by Gasteiger charge is -2.44. The highest BCUT2D eigenvalue weighted by molar-refractivity contribution is 5.50. The van der Waals surface area contributed by atoms with Crippen molar-refractivity contribution in [2.75, 3.05) is 13.1 Å². The molecule has 3 aromatic rings. The van der Waals surface area contributed by atoms with Gasteiger partial charge in [0.05, 0.1) is 5.54 Å². The Bertz CT molecular complexity index is 860. The summed E-state index contributed by atoms with van der Waals surface area (Å²) in [5, 5.41) is 0. The second-order valence-corrected chi connectivity index (χ2v) is 7.75. The van der Waals surface area contributed by atoms with Gasteiger partial charge in [-0.15, -0.1) is 0 Å². The van der Waals surface area contributed by atoms with Crippen molar-refractivity contribution in [1.29, 1.82) is 0 Å². The number of likely N-dealkylation sites (tertiary alicyclic amines) is 1. The van der Waals surface area contributed by atoms with Crippen LogP contribution in [0.3, 0.4) is 0 Å². The molecule has 0 radical (unpaired) electrons. The first-order valence-electron chi connectivity index (χ1n) is 9.88. The summed E-state index contributed by atoms with van der Waals surface area (Å²) >= 11 is 0. The largest absolute Gasteiger partial charge is 0.281 e. The topological polar surface area (TPSA) is 3.24 Å². The summed E-state index contributed by atoms with van der Waals surface area (Å²) < 4.78 is 0. The minimum atomic E-state index is -0.364. The highest BCUT2D eigenvalue weighted by atomic mass is 15.2. The van der Waals surface area contributed by atoms with Crippen LogP contribution in [0.5, 0.6) is 0 Å². The molecule has 0 aliphatic carbocycles. The van der Waals surface area contributed by atoms with E-state index in [0.29, 0.717) is 5.92 Å². The molecule has 0 saturated carbocycles. The Balaban J connectivity index is 2.00. The van der Waals surface area contributed by atoms with Crippen molar-refractivity contribution in [2.45, 2.75) is 12.5 Å². The lowest BCUT2D eigenvalue weighted by molar-refractivity contribution is 0.196. The smallest absolute Gasteiger partial charge is 0.0976 e. The highest BCUT2D eigenvalue weighted by Crippen LogP contribution is 2.46. The Kier molecular flexibility index (Phi) is 5.02. The van der Waals surface area contributed by atoms with Gasteiger partial charge in [0.15, 0.2) is 0 Å². The first-order chi connectivity index (χ1) is 13.6. The Labute approximate surface area is 168 Å². The molecule has 140 valence electrons. The zero-order valence-electron chi connectivity index (χ0n) is 16.5. The van der Waals surface area contributed by atoms with Gasteiger partial charge in [-0.2, -0.15) is 0 Å². The SMILES string of the molecule is C=C(C)C1CN(C(c2ccccc2)(c2ccccc2)c2ccccc2)CC1=C. The molecule has 3 aromatic carbocycles. The maximum atomic E-state index is 4.40. The van der Waals surface area contributed by atoms with Gasteiger partial charge in [-0.05, 0) is 23.6 Å². The first-order valence-corrected chi connectivity index (χ1v) is 9.88. The van der Waals surface area contributed by atoms with E-state index in [2.05, 4.69) is 116 Å². The van der Waals surface area contributed by atoms with E-state index in [-0.39, 0.29) is 5.54 Å². The molecule has 1 aliphatic rings. The lowest BCUT2D eigenvalue weighted by atomic mass is 9.75. The summed E-state index contributed by atoms with van der Waals surface area (Å²) in [4.78, 5) is 2.58. The van der Waals surface area contributed by atoms with Gasteiger partial charge in [0.1, 0.15) is 0 Å². The monoisotopic (exact) mass is 365 g/mol. The van der Waals surface area contributed by atoms with Gasteiger partial charge in [0.25, 0.3) is 0 Å². The minimum Gasteiger partial charge on any atom is -0.281 e. The van der Waals surface area contributed by atoms with E-state index >= 15 is 0 Å². The molecule has 0 amide bonds. The molecule has 0 bridgehead atoms. The molecule has 1 fully saturated rings. The third-order valence-corrected chi connectivity index (χ3v) is 5.93.